The van der Waals surface area contributed by atoms with Crippen LogP contribution in [0.3, 0.4) is 0 Å². The van der Waals surface area contributed by atoms with Gasteiger partial charge in [-0.05, 0) is 35.7 Å². The fourth-order valence-corrected chi connectivity index (χ4v) is 3.11. The van der Waals surface area contributed by atoms with Crippen molar-refractivity contribution in [1.82, 2.24) is 15.1 Å². The summed E-state index contributed by atoms with van der Waals surface area (Å²) >= 11 is 0. The predicted molar refractivity (Wildman–Crippen MR) is 104 cm³/mol. The maximum atomic E-state index is 12.3. The minimum Gasteiger partial charge on any atom is -0.464 e. The number of furan rings is 1. The number of nitrogens with one attached hydrogen (secondary N) is 1. The van der Waals surface area contributed by atoms with Crippen LogP contribution >= 0.6 is 0 Å². The Morgan fingerprint density at radius 2 is 1.96 bits per heavy atom. The number of carbonyl (C=O) groups is 1. The first kappa shape index (κ1) is 17.1. The lowest BCUT2D eigenvalue weighted by Gasteiger charge is -2.07. The van der Waals surface area contributed by atoms with Crippen molar-refractivity contribution in [3.63, 3.8) is 0 Å². The van der Waals surface area contributed by atoms with E-state index in [1.54, 1.807) is 12.5 Å². The summed E-state index contributed by atoms with van der Waals surface area (Å²) in [5.41, 5.74) is 5.13. The van der Waals surface area contributed by atoms with Gasteiger partial charge in [-0.2, -0.15) is 5.10 Å². The molecule has 1 N–H and O–H groups in total. The van der Waals surface area contributed by atoms with Crippen LogP contribution in [0.15, 0.2) is 71.6 Å². The van der Waals surface area contributed by atoms with Crippen molar-refractivity contribution >= 4 is 16.9 Å². The highest BCUT2D eigenvalue weighted by Crippen LogP contribution is 2.22. The van der Waals surface area contributed by atoms with Crippen molar-refractivity contribution in [2.75, 3.05) is 0 Å². The van der Waals surface area contributed by atoms with E-state index >= 15 is 0 Å². The molecule has 0 aliphatic rings. The molecule has 5 nitrogen and oxygen atoms in total. The Bertz CT molecular complexity index is 1050. The molecule has 4 aromatic rings. The first-order valence-electron chi connectivity index (χ1n) is 8.96. The molecular weight excluding hydrogens is 338 g/mol. The Kier molecular flexibility index (Phi) is 4.75. The van der Waals surface area contributed by atoms with E-state index in [2.05, 4.69) is 22.5 Å². The second-order valence-corrected chi connectivity index (χ2v) is 6.73. The van der Waals surface area contributed by atoms with Crippen molar-refractivity contribution in [2.45, 2.75) is 26.4 Å². The van der Waals surface area contributed by atoms with Crippen LogP contribution in [0.5, 0.6) is 0 Å². The third-order valence-corrected chi connectivity index (χ3v) is 4.58. The third kappa shape index (κ3) is 4.08. The summed E-state index contributed by atoms with van der Waals surface area (Å²) in [6, 6.07) is 16.1. The maximum Gasteiger partial charge on any atom is 0.224 e. The Morgan fingerprint density at radius 1 is 1.15 bits per heavy atom. The lowest BCUT2D eigenvalue weighted by molar-refractivity contribution is -0.120. The van der Waals surface area contributed by atoms with Crippen LogP contribution < -0.4 is 5.32 Å². The molecule has 136 valence electrons. The van der Waals surface area contributed by atoms with Gasteiger partial charge < -0.3 is 9.73 Å². The number of benzene rings is 2. The molecule has 5 heteroatoms. The average Bonchev–Trinajstić information content (AvgIpc) is 3.31. The predicted octanol–water partition coefficient (Wildman–Crippen LogP) is 3.84. The standard InChI is InChI=1S/C22H21N3O2/c1-16-3-8-20-19(15-27-21(20)11-16)12-22(26)23-13-17-4-6-18(7-5-17)14-25-10-2-9-24-25/h2-11,15H,12-14H2,1H3,(H,23,26). The lowest BCUT2D eigenvalue weighted by atomic mass is 10.1. The molecule has 2 aromatic carbocycles. The number of amides is 1. The van der Waals surface area contributed by atoms with Crippen molar-refractivity contribution in [2.24, 2.45) is 0 Å². The number of aromatic nitrogens is 2. The first-order valence-corrected chi connectivity index (χ1v) is 8.96. The van der Waals surface area contributed by atoms with E-state index in [9.17, 15) is 4.79 Å². The minimum absolute atomic E-state index is 0.0149. The van der Waals surface area contributed by atoms with Gasteiger partial charge in [-0.25, -0.2) is 0 Å². The van der Waals surface area contributed by atoms with Crippen LogP contribution in [-0.4, -0.2) is 15.7 Å². The maximum absolute atomic E-state index is 12.3. The van der Waals surface area contributed by atoms with Gasteiger partial charge in [0.25, 0.3) is 0 Å². The largest absolute Gasteiger partial charge is 0.464 e. The number of hydrogen-bond acceptors (Lipinski definition) is 3. The molecule has 0 fully saturated rings. The Morgan fingerprint density at radius 3 is 2.74 bits per heavy atom. The topological polar surface area (TPSA) is 60.1 Å². The van der Waals surface area contributed by atoms with Gasteiger partial charge in [-0.15, -0.1) is 0 Å². The Balaban J connectivity index is 1.33. The molecule has 1 amide bonds. The van der Waals surface area contributed by atoms with Crippen LogP contribution in [0.2, 0.25) is 0 Å². The summed E-state index contributed by atoms with van der Waals surface area (Å²) in [4.78, 5) is 12.3. The average molecular weight is 359 g/mol. The summed E-state index contributed by atoms with van der Waals surface area (Å²) in [5, 5.41) is 8.19. The van der Waals surface area contributed by atoms with Crippen molar-refractivity contribution in [3.05, 3.63) is 89.4 Å². The van der Waals surface area contributed by atoms with Gasteiger partial charge in [0.05, 0.1) is 19.2 Å². The van der Waals surface area contributed by atoms with Gasteiger partial charge in [0.2, 0.25) is 5.91 Å². The van der Waals surface area contributed by atoms with Crippen LogP contribution in [0.25, 0.3) is 11.0 Å². The zero-order valence-corrected chi connectivity index (χ0v) is 15.2. The first-order chi connectivity index (χ1) is 13.2. The normalized spacial score (nSPS) is 11.0. The van der Waals surface area contributed by atoms with Gasteiger partial charge in [0, 0.05) is 29.9 Å². The molecule has 0 unspecified atom stereocenters. The number of carbonyl (C=O) groups excluding carboxylic acids is 1. The fourth-order valence-electron chi connectivity index (χ4n) is 3.11. The number of hydrogen-bond donors (Lipinski definition) is 1. The summed E-state index contributed by atoms with van der Waals surface area (Å²) in [5.74, 6) is -0.0149. The van der Waals surface area contributed by atoms with Gasteiger partial charge in [0.1, 0.15) is 5.58 Å². The van der Waals surface area contributed by atoms with Crippen molar-refractivity contribution in [3.8, 4) is 0 Å². The molecular formula is C22H21N3O2. The molecule has 0 saturated heterocycles. The number of fused-ring (bicyclic) bond motifs is 1. The van der Waals surface area contributed by atoms with Crippen molar-refractivity contribution in [1.29, 1.82) is 0 Å². The summed E-state index contributed by atoms with van der Waals surface area (Å²) in [7, 11) is 0. The van der Waals surface area contributed by atoms with Crippen molar-refractivity contribution < 1.29 is 9.21 Å². The fraction of sp³-hybridized carbons (Fsp3) is 0.182. The SMILES string of the molecule is Cc1ccc2c(CC(=O)NCc3ccc(Cn4cccn4)cc3)coc2c1. The van der Waals surface area contributed by atoms with E-state index in [4.69, 9.17) is 4.42 Å². The smallest absolute Gasteiger partial charge is 0.224 e. The second-order valence-electron chi connectivity index (χ2n) is 6.73. The molecule has 0 radical (unpaired) electrons. The van der Waals surface area contributed by atoms with E-state index in [-0.39, 0.29) is 5.91 Å². The lowest BCUT2D eigenvalue weighted by Crippen LogP contribution is -2.24. The number of nitrogens with zero attached hydrogens (tertiary/aromatic N) is 2. The highest BCUT2D eigenvalue weighted by Gasteiger charge is 2.10. The van der Waals surface area contributed by atoms with Crippen LogP contribution in [0.4, 0.5) is 0 Å². The number of rotatable bonds is 6. The number of aryl methyl sites for hydroxylation is 1. The summed E-state index contributed by atoms with van der Waals surface area (Å²) in [6.07, 6.45) is 5.70. The molecule has 4 rings (SSSR count). The quantitative estimate of drug-likeness (QED) is 0.569. The summed E-state index contributed by atoms with van der Waals surface area (Å²) in [6.45, 7) is 3.27. The van der Waals surface area contributed by atoms with E-state index in [1.807, 2.05) is 54.2 Å². The second kappa shape index (κ2) is 7.50. The monoisotopic (exact) mass is 359 g/mol. The van der Waals surface area contributed by atoms with E-state index < -0.39 is 0 Å². The summed E-state index contributed by atoms with van der Waals surface area (Å²) < 4.78 is 7.45. The minimum atomic E-state index is -0.0149. The molecule has 0 bridgehead atoms. The molecule has 0 atom stereocenters. The molecule has 27 heavy (non-hydrogen) atoms. The Hall–Kier alpha value is -3.34. The molecule has 0 aliphatic carbocycles. The molecule has 0 aliphatic heterocycles. The third-order valence-electron chi connectivity index (χ3n) is 4.58. The molecule has 2 aromatic heterocycles. The van der Waals surface area contributed by atoms with E-state index in [1.165, 1.54) is 5.56 Å². The van der Waals surface area contributed by atoms with Crippen LogP contribution in [0, 0.1) is 6.92 Å². The van der Waals surface area contributed by atoms with Gasteiger partial charge in [-0.3, -0.25) is 9.48 Å². The van der Waals surface area contributed by atoms with Gasteiger partial charge >= 0.3 is 0 Å². The zero-order valence-electron chi connectivity index (χ0n) is 15.2. The Labute approximate surface area is 157 Å². The van der Waals surface area contributed by atoms with Gasteiger partial charge in [0.15, 0.2) is 0 Å². The zero-order chi connectivity index (χ0) is 18.6. The highest BCUT2D eigenvalue weighted by molar-refractivity contribution is 5.87. The van der Waals surface area contributed by atoms with Gasteiger partial charge in [-0.1, -0.05) is 36.4 Å². The highest BCUT2D eigenvalue weighted by atomic mass is 16.3. The molecule has 0 spiro atoms. The molecule has 2 heterocycles. The van der Waals surface area contributed by atoms with E-state index in [0.717, 1.165) is 34.2 Å². The molecule has 0 saturated carbocycles. The van der Waals surface area contributed by atoms with E-state index in [0.29, 0.717) is 13.0 Å². The van der Waals surface area contributed by atoms with Crippen LogP contribution in [0.1, 0.15) is 22.3 Å². The van der Waals surface area contributed by atoms with Crippen LogP contribution in [-0.2, 0) is 24.3 Å².